The summed E-state index contributed by atoms with van der Waals surface area (Å²) >= 11 is 0. The monoisotopic (exact) mass is 313 g/mol. The standard InChI is InChI=1S/C17H23N5O/c23-13-15-5-1-2-10-22(15)11-9-20-17-19-8-6-16(21-17)14-4-3-7-18-12-14/h3-4,6-8,12,15,23H,1-2,5,9-11,13H2,(H,19,20,21)/t15-/m1/s1. The number of pyridine rings is 1. The van der Waals surface area contributed by atoms with Crippen molar-refractivity contribution in [3.8, 4) is 11.3 Å². The fourth-order valence-electron chi connectivity index (χ4n) is 2.99. The summed E-state index contributed by atoms with van der Waals surface area (Å²) in [5.74, 6) is 0.629. The molecule has 1 aliphatic heterocycles. The van der Waals surface area contributed by atoms with E-state index in [4.69, 9.17) is 0 Å². The SMILES string of the molecule is OC[C@H]1CCCCN1CCNc1nccc(-c2cccnc2)n1. The fourth-order valence-corrected chi connectivity index (χ4v) is 2.99. The van der Waals surface area contributed by atoms with Gasteiger partial charge in [-0.2, -0.15) is 0 Å². The first-order chi connectivity index (χ1) is 11.4. The minimum absolute atomic E-state index is 0.243. The van der Waals surface area contributed by atoms with Gasteiger partial charge in [-0.1, -0.05) is 6.42 Å². The highest BCUT2D eigenvalue weighted by molar-refractivity contribution is 5.58. The van der Waals surface area contributed by atoms with Crippen LogP contribution in [0.4, 0.5) is 5.95 Å². The number of piperidine rings is 1. The van der Waals surface area contributed by atoms with E-state index in [1.165, 1.54) is 12.8 Å². The molecule has 0 bridgehead atoms. The number of anilines is 1. The lowest BCUT2D eigenvalue weighted by Gasteiger charge is -2.34. The molecule has 23 heavy (non-hydrogen) atoms. The van der Waals surface area contributed by atoms with E-state index in [9.17, 15) is 5.11 Å². The molecule has 122 valence electrons. The lowest BCUT2D eigenvalue weighted by molar-refractivity contribution is 0.0940. The Balaban J connectivity index is 1.56. The smallest absolute Gasteiger partial charge is 0.223 e. The summed E-state index contributed by atoms with van der Waals surface area (Å²) in [4.78, 5) is 15.3. The van der Waals surface area contributed by atoms with Crippen molar-refractivity contribution in [3.63, 3.8) is 0 Å². The number of aliphatic hydroxyl groups excluding tert-OH is 1. The van der Waals surface area contributed by atoms with Gasteiger partial charge >= 0.3 is 0 Å². The number of nitrogens with zero attached hydrogens (tertiary/aromatic N) is 4. The van der Waals surface area contributed by atoms with Crippen LogP contribution in [0.5, 0.6) is 0 Å². The fraction of sp³-hybridized carbons (Fsp3) is 0.471. The Bertz CT molecular complexity index is 607. The van der Waals surface area contributed by atoms with Gasteiger partial charge in [0.1, 0.15) is 0 Å². The average molecular weight is 313 g/mol. The van der Waals surface area contributed by atoms with Gasteiger partial charge < -0.3 is 10.4 Å². The summed E-state index contributed by atoms with van der Waals surface area (Å²) in [5, 5.41) is 12.7. The molecule has 1 aliphatic rings. The molecule has 0 spiro atoms. The van der Waals surface area contributed by atoms with Crippen LogP contribution in [0.3, 0.4) is 0 Å². The zero-order valence-corrected chi connectivity index (χ0v) is 13.2. The molecule has 0 radical (unpaired) electrons. The molecule has 0 aliphatic carbocycles. The third-order valence-corrected chi connectivity index (χ3v) is 4.25. The van der Waals surface area contributed by atoms with Crippen molar-refractivity contribution >= 4 is 5.95 Å². The van der Waals surface area contributed by atoms with Crippen LogP contribution in [-0.2, 0) is 0 Å². The minimum Gasteiger partial charge on any atom is -0.395 e. The molecular weight excluding hydrogens is 290 g/mol. The Morgan fingerprint density at radius 2 is 2.22 bits per heavy atom. The van der Waals surface area contributed by atoms with E-state index in [1.54, 1.807) is 18.6 Å². The first-order valence-corrected chi connectivity index (χ1v) is 8.19. The van der Waals surface area contributed by atoms with Crippen LogP contribution in [0, 0.1) is 0 Å². The van der Waals surface area contributed by atoms with Crippen LogP contribution in [0.1, 0.15) is 19.3 Å². The van der Waals surface area contributed by atoms with Gasteiger partial charge in [-0.05, 0) is 37.6 Å². The van der Waals surface area contributed by atoms with Crippen LogP contribution >= 0.6 is 0 Å². The van der Waals surface area contributed by atoms with Crippen molar-refractivity contribution in [3.05, 3.63) is 36.8 Å². The third-order valence-electron chi connectivity index (χ3n) is 4.25. The van der Waals surface area contributed by atoms with E-state index < -0.39 is 0 Å². The van der Waals surface area contributed by atoms with Gasteiger partial charge in [0.25, 0.3) is 0 Å². The van der Waals surface area contributed by atoms with Gasteiger partial charge in [0.05, 0.1) is 12.3 Å². The highest BCUT2D eigenvalue weighted by Crippen LogP contribution is 2.17. The van der Waals surface area contributed by atoms with Crippen molar-refractivity contribution in [2.75, 3.05) is 31.6 Å². The topological polar surface area (TPSA) is 74.2 Å². The predicted octanol–water partition coefficient (Wildman–Crippen LogP) is 1.80. The van der Waals surface area contributed by atoms with Crippen LogP contribution in [0.15, 0.2) is 36.8 Å². The van der Waals surface area contributed by atoms with Crippen molar-refractivity contribution in [2.45, 2.75) is 25.3 Å². The second-order valence-corrected chi connectivity index (χ2v) is 5.80. The molecule has 0 unspecified atom stereocenters. The molecule has 2 aromatic rings. The Morgan fingerprint density at radius 1 is 1.26 bits per heavy atom. The number of aliphatic hydroxyl groups is 1. The first kappa shape index (κ1) is 15.8. The molecule has 1 atom stereocenters. The van der Waals surface area contributed by atoms with Gasteiger partial charge in [0.15, 0.2) is 0 Å². The van der Waals surface area contributed by atoms with Crippen molar-refractivity contribution in [1.82, 2.24) is 19.9 Å². The maximum atomic E-state index is 9.45. The molecule has 0 amide bonds. The van der Waals surface area contributed by atoms with E-state index in [0.29, 0.717) is 12.0 Å². The second-order valence-electron chi connectivity index (χ2n) is 5.80. The molecular formula is C17H23N5O. The Morgan fingerprint density at radius 3 is 3.04 bits per heavy atom. The summed E-state index contributed by atoms with van der Waals surface area (Å²) in [7, 11) is 0. The maximum Gasteiger partial charge on any atom is 0.223 e. The van der Waals surface area contributed by atoms with E-state index in [1.807, 2.05) is 18.2 Å². The minimum atomic E-state index is 0.243. The molecule has 3 rings (SSSR count). The highest BCUT2D eigenvalue weighted by atomic mass is 16.3. The number of hydrogen-bond acceptors (Lipinski definition) is 6. The molecule has 2 aromatic heterocycles. The molecule has 2 N–H and O–H groups in total. The number of rotatable bonds is 6. The first-order valence-electron chi connectivity index (χ1n) is 8.19. The number of likely N-dealkylation sites (tertiary alicyclic amines) is 1. The molecule has 6 nitrogen and oxygen atoms in total. The average Bonchev–Trinajstić information content (AvgIpc) is 2.63. The molecule has 3 heterocycles. The third kappa shape index (κ3) is 4.24. The number of hydrogen-bond donors (Lipinski definition) is 2. The lowest BCUT2D eigenvalue weighted by atomic mass is 10.0. The highest BCUT2D eigenvalue weighted by Gasteiger charge is 2.20. The van der Waals surface area contributed by atoms with Crippen LogP contribution in [0.2, 0.25) is 0 Å². The van der Waals surface area contributed by atoms with Gasteiger partial charge in [0.2, 0.25) is 5.95 Å². The van der Waals surface area contributed by atoms with Crippen LogP contribution in [0.25, 0.3) is 11.3 Å². The second kappa shape index (κ2) is 7.99. The summed E-state index contributed by atoms with van der Waals surface area (Å²) in [6, 6.07) is 6.07. The van der Waals surface area contributed by atoms with Crippen molar-refractivity contribution in [2.24, 2.45) is 0 Å². The van der Waals surface area contributed by atoms with E-state index >= 15 is 0 Å². The number of aromatic nitrogens is 3. The van der Waals surface area contributed by atoms with Gasteiger partial charge in [-0.3, -0.25) is 9.88 Å². The normalized spacial score (nSPS) is 18.7. The zero-order chi connectivity index (χ0) is 15.9. The quantitative estimate of drug-likeness (QED) is 0.847. The molecule has 0 aromatic carbocycles. The van der Waals surface area contributed by atoms with E-state index in [-0.39, 0.29) is 6.61 Å². The van der Waals surface area contributed by atoms with Gasteiger partial charge in [-0.15, -0.1) is 0 Å². The summed E-state index contributed by atoms with van der Waals surface area (Å²) in [6.45, 7) is 2.97. The van der Waals surface area contributed by atoms with Gasteiger partial charge in [0, 0.05) is 43.3 Å². The van der Waals surface area contributed by atoms with Crippen molar-refractivity contribution < 1.29 is 5.11 Å². The Kier molecular flexibility index (Phi) is 5.50. The predicted molar refractivity (Wildman–Crippen MR) is 90.1 cm³/mol. The van der Waals surface area contributed by atoms with Crippen LogP contribution < -0.4 is 5.32 Å². The molecule has 6 heteroatoms. The number of nitrogens with one attached hydrogen (secondary N) is 1. The Labute approximate surface area is 136 Å². The Hall–Kier alpha value is -2.05. The lowest BCUT2D eigenvalue weighted by Crippen LogP contribution is -2.44. The maximum absolute atomic E-state index is 9.45. The van der Waals surface area contributed by atoms with Gasteiger partial charge in [-0.25, -0.2) is 9.97 Å². The summed E-state index contributed by atoms with van der Waals surface area (Å²) < 4.78 is 0. The molecule has 1 saturated heterocycles. The largest absolute Gasteiger partial charge is 0.395 e. The zero-order valence-electron chi connectivity index (χ0n) is 13.2. The molecule has 0 saturated carbocycles. The summed E-state index contributed by atoms with van der Waals surface area (Å²) in [6.07, 6.45) is 8.82. The van der Waals surface area contributed by atoms with E-state index in [0.717, 1.165) is 37.3 Å². The summed E-state index contributed by atoms with van der Waals surface area (Å²) in [5.41, 5.74) is 1.84. The van der Waals surface area contributed by atoms with Crippen molar-refractivity contribution in [1.29, 1.82) is 0 Å². The van der Waals surface area contributed by atoms with Crippen LogP contribution in [-0.4, -0.2) is 57.2 Å². The van der Waals surface area contributed by atoms with E-state index in [2.05, 4.69) is 25.2 Å². The molecule has 1 fully saturated rings.